The van der Waals surface area contributed by atoms with Crippen molar-refractivity contribution in [1.82, 2.24) is 9.97 Å². The zero-order chi connectivity index (χ0) is 22.5. The quantitative estimate of drug-likeness (QED) is 0.436. The summed E-state index contributed by atoms with van der Waals surface area (Å²) in [6.07, 6.45) is 3.82. The van der Waals surface area contributed by atoms with E-state index < -0.39 is 0 Å². The Labute approximate surface area is 187 Å². The van der Waals surface area contributed by atoms with E-state index in [0.717, 1.165) is 33.0 Å². The zero-order valence-corrected chi connectivity index (χ0v) is 18.2. The summed E-state index contributed by atoms with van der Waals surface area (Å²) in [6.45, 7) is 3.95. The number of rotatable bonds is 6. The van der Waals surface area contributed by atoms with Gasteiger partial charge < -0.3 is 10.4 Å². The summed E-state index contributed by atoms with van der Waals surface area (Å²) in [6, 6.07) is 21.7. The van der Waals surface area contributed by atoms with Gasteiger partial charge in [-0.25, -0.2) is 9.97 Å². The van der Waals surface area contributed by atoms with Gasteiger partial charge in [-0.1, -0.05) is 72.3 Å². The number of nitrogens with one attached hydrogen (secondary N) is 1. The predicted molar refractivity (Wildman–Crippen MR) is 129 cm³/mol. The molecule has 0 aliphatic rings. The molecule has 4 aromatic rings. The molecule has 4 rings (SSSR count). The van der Waals surface area contributed by atoms with Crippen LogP contribution in [0.1, 0.15) is 30.7 Å². The summed E-state index contributed by atoms with van der Waals surface area (Å²) in [4.78, 5) is 22.0. The molecular weight excluding hydrogens is 398 g/mol. The van der Waals surface area contributed by atoms with Crippen LogP contribution in [0.2, 0.25) is 0 Å². The first kappa shape index (κ1) is 21.4. The molecule has 1 amide bonds. The molecule has 0 radical (unpaired) electrons. The number of anilines is 1. The largest absolute Gasteiger partial charge is 0.392 e. The van der Waals surface area contributed by atoms with Crippen molar-refractivity contribution in [3.05, 3.63) is 95.3 Å². The van der Waals surface area contributed by atoms with E-state index in [1.54, 1.807) is 6.20 Å². The Bertz CT molecular complexity index is 1290. The van der Waals surface area contributed by atoms with Crippen molar-refractivity contribution in [3.8, 4) is 11.3 Å². The van der Waals surface area contributed by atoms with Gasteiger partial charge in [-0.3, -0.25) is 4.79 Å². The normalized spacial score (nSPS) is 10.7. The second-order valence-corrected chi connectivity index (χ2v) is 7.97. The molecule has 2 N–H and O–H groups in total. The molecule has 0 aliphatic carbocycles. The number of hydrogen-bond donors (Lipinski definition) is 2. The first-order chi connectivity index (χ1) is 15.5. The van der Waals surface area contributed by atoms with Gasteiger partial charge >= 0.3 is 0 Å². The standard InChI is InChI=1S/C27H25N3O2/c1-18(2)13-24-27(28-16-25(29-24)22-11-7-19(17-31)8-12-22)30-26(32)15-20-9-10-21-5-3-4-6-23(21)14-20/h3-14,16,31H,15,17H2,1-2H3,(H,28,30,32). The Hall–Kier alpha value is -3.83. The Morgan fingerprint density at radius 3 is 2.41 bits per heavy atom. The van der Waals surface area contributed by atoms with Crippen molar-refractivity contribution in [2.45, 2.75) is 26.9 Å². The second-order valence-electron chi connectivity index (χ2n) is 7.97. The SMILES string of the molecule is CC(C)=Cc1nc(-c2ccc(CO)cc2)cnc1NC(=O)Cc1ccc2ccccc2c1. The van der Waals surface area contributed by atoms with Crippen molar-refractivity contribution in [1.29, 1.82) is 0 Å². The second kappa shape index (κ2) is 9.54. The molecule has 32 heavy (non-hydrogen) atoms. The van der Waals surface area contributed by atoms with Gasteiger partial charge in [-0.05, 0) is 41.8 Å². The van der Waals surface area contributed by atoms with Gasteiger partial charge in [0.2, 0.25) is 5.91 Å². The summed E-state index contributed by atoms with van der Waals surface area (Å²) >= 11 is 0. The number of aliphatic hydroxyl groups is 1. The smallest absolute Gasteiger partial charge is 0.230 e. The first-order valence-corrected chi connectivity index (χ1v) is 10.5. The van der Waals surface area contributed by atoms with Crippen molar-refractivity contribution < 1.29 is 9.90 Å². The number of carbonyl (C=O) groups is 1. The third kappa shape index (κ3) is 5.07. The van der Waals surface area contributed by atoms with E-state index in [4.69, 9.17) is 4.98 Å². The van der Waals surface area contributed by atoms with Gasteiger partial charge in [-0.2, -0.15) is 0 Å². The van der Waals surface area contributed by atoms with Crippen LogP contribution < -0.4 is 5.32 Å². The topological polar surface area (TPSA) is 75.1 Å². The highest BCUT2D eigenvalue weighted by molar-refractivity contribution is 5.94. The van der Waals surface area contributed by atoms with Gasteiger partial charge in [0.1, 0.15) is 5.69 Å². The molecule has 5 nitrogen and oxygen atoms in total. The van der Waals surface area contributed by atoms with E-state index in [2.05, 4.69) is 16.4 Å². The van der Waals surface area contributed by atoms with Crippen LogP contribution in [0, 0.1) is 0 Å². The van der Waals surface area contributed by atoms with Crippen molar-refractivity contribution in [2.75, 3.05) is 5.32 Å². The van der Waals surface area contributed by atoms with E-state index in [1.807, 2.05) is 80.6 Å². The predicted octanol–water partition coefficient (Wildman–Crippen LogP) is 5.39. The van der Waals surface area contributed by atoms with Crippen LogP contribution >= 0.6 is 0 Å². The lowest BCUT2D eigenvalue weighted by Crippen LogP contribution is -2.16. The Morgan fingerprint density at radius 2 is 1.69 bits per heavy atom. The molecule has 3 aromatic carbocycles. The highest BCUT2D eigenvalue weighted by Crippen LogP contribution is 2.22. The minimum atomic E-state index is -0.141. The Morgan fingerprint density at radius 1 is 0.969 bits per heavy atom. The van der Waals surface area contributed by atoms with Gasteiger partial charge in [-0.15, -0.1) is 0 Å². The minimum Gasteiger partial charge on any atom is -0.392 e. The molecule has 0 spiro atoms. The van der Waals surface area contributed by atoms with Gasteiger partial charge in [0.25, 0.3) is 0 Å². The Kier molecular flexibility index (Phi) is 6.38. The van der Waals surface area contributed by atoms with Crippen LogP contribution in [-0.2, 0) is 17.8 Å². The maximum atomic E-state index is 12.8. The van der Waals surface area contributed by atoms with E-state index in [9.17, 15) is 9.90 Å². The minimum absolute atomic E-state index is 0.00282. The molecule has 0 unspecified atom stereocenters. The third-order valence-electron chi connectivity index (χ3n) is 5.09. The molecule has 0 fully saturated rings. The van der Waals surface area contributed by atoms with Gasteiger partial charge in [0, 0.05) is 5.56 Å². The van der Waals surface area contributed by atoms with Crippen molar-refractivity contribution in [2.24, 2.45) is 0 Å². The van der Waals surface area contributed by atoms with Crippen LogP contribution in [0.15, 0.2) is 78.5 Å². The highest BCUT2D eigenvalue weighted by atomic mass is 16.3. The number of fused-ring (bicyclic) bond motifs is 1. The lowest BCUT2D eigenvalue weighted by atomic mass is 10.0. The zero-order valence-electron chi connectivity index (χ0n) is 18.2. The average Bonchev–Trinajstić information content (AvgIpc) is 2.80. The molecular formula is C27H25N3O2. The molecule has 0 aliphatic heterocycles. The van der Waals surface area contributed by atoms with E-state index in [-0.39, 0.29) is 18.9 Å². The summed E-state index contributed by atoms with van der Waals surface area (Å²) in [5.74, 6) is 0.297. The fourth-order valence-corrected chi connectivity index (χ4v) is 3.50. The first-order valence-electron chi connectivity index (χ1n) is 10.5. The van der Waals surface area contributed by atoms with E-state index in [0.29, 0.717) is 17.2 Å². The number of hydrogen-bond acceptors (Lipinski definition) is 4. The highest BCUT2D eigenvalue weighted by Gasteiger charge is 2.12. The number of carbonyl (C=O) groups excluding carboxylic acids is 1. The lowest BCUT2D eigenvalue weighted by molar-refractivity contribution is -0.115. The lowest BCUT2D eigenvalue weighted by Gasteiger charge is -2.10. The van der Waals surface area contributed by atoms with E-state index >= 15 is 0 Å². The van der Waals surface area contributed by atoms with Crippen LogP contribution in [-0.4, -0.2) is 21.0 Å². The van der Waals surface area contributed by atoms with Gasteiger partial charge in [0.05, 0.1) is 24.9 Å². The van der Waals surface area contributed by atoms with Crippen LogP contribution in [0.4, 0.5) is 5.82 Å². The number of benzene rings is 3. The number of aliphatic hydroxyl groups excluding tert-OH is 1. The van der Waals surface area contributed by atoms with Crippen LogP contribution in [0.3, 0.4) is 0 Å². The molecule has 0 bridgehead atoms. The number of aromatic nitrogens is 2. The molecule has 5 heteroatoms. The maximum absolute atomic E-state index is 12.8. The monoisotopic (exact) mass is 423 g/mol. The van der Waals surface area contributed by atoms with Gasteiger partial charge in [0.15, 0.2) is 5.82 Å². The summed E-state index contributed by atoms with van der Waals surface area (Å²) < 4.78 is 0. The average molecular weight is 424 g/mol. The van der Waals surface area contributed by atoms with Crippen LogP contribution in [0.25, 0.3) is 28.1 Å². The molecule has 1 heterocycles. The molecule has 1 aromatic heterocycles. The maximum Gasteiger partial charge on any atom is 0.230 e. The molecule has 0 atom stereocenters. The Balaban J connectivity index is 1.57. The summed E-state index contributed by atoms with van der Waals surface area (Å²) in [7, 11) is 0. The number of nitrogens with zero attached hydrogens (tertiary/aromatic N) is 2. The number of allylic oxidation sites excluding steroid dienone is 1. The molecule has 0 saturated carbocycles. The molecule has 160 valence electrons. The summed E-state index contributed by atoms with van der Waals surface area (Å²) in [5, 5.41) is 14.4. The number of amides is 1. The molecule has 0 saturated heterocycles. The van der Waals surface area contributed by atoms with Crippen molar-refractivity contribution in [3.63, 3.8) is 0 Å². The fraction of sp³-hybridized carbons (Fsp3) is 0.148. The fourth-order valence-electron chi connectivity index (χ4n) is 3.50. The third-order valence-corrected chi connectivity index (χ3v) is 5.09. The van der Waals surface area contributed by atoms with Crippen LogP contribution in [0.5, 0.6) is 0 Å². The van der Waals surface area contributed by atoms with E-state index in [1.165, 1.54) is 0 Å². The summed E-state index contributed by atoms with van der Waals surface area (Å²) in [5.41, 5.74) is 5.04. The van der Waals surface area contributed by atoms with Crippen molar-refractivity contribution >= 4 is 28.6 Å².